The largest absolute Gasteiger partial charge is 0.497 e. The predicted octanol–water partition coefficient (Wildman–Crippen LogP) is 4.04. The fourth-order valence-electron chi connectivity index (χ4n) is 1.39. The zero-order valence-electron chi connectivity index (χ0n) is 9.69. The van der Waals surface area contributed by atoms with Gasteiger partial charge in [0.1, 0.15) is 20.7 Å². The van der Waals surface area contributed by atoms with Crippen LogP contribution in [0.2, 0.25) is 0 Å². The summed E-state index contributed by atoms with van der Waals surface area (Å²) in [7, 11) is 1.65. The Morgan fingerprint density at radius 1 is 1.17 bits per heavy atom. The van der Waals surface area contributed by atoms with E-state index in [4.69, 9.17) is 9.47 Å². The molecule has 2 rings (SSSR count). The van der Waals surface area contributed by atoms with Crippen molar-refractivity contribution in [2.45, 2.75) is 6.61 Å². The number of benzene rings is 1. The Bertz CT molecular complexity index is 531. The fourth-order valence-corrected chi connectivity index (χ4v) is 2.58. The summed E-state index contributed by atoms with van der Waals surface area (Å²) in [5, 5.41) is 0. The van der Waals surface area contributed by atoms with Crippen molar-refractivity contribution in [1.82, 2.24) is 4.98 Å². The summed E-state index contributed by atoms with van der Waals surface area (Å²) in [6.45, 7) is 0.505. The molecule has 1 aromatic heterocycles. The molecule has 0 fully saturated rings. The van der Waals surface area contributed by atoms with Gasteiger partial charge in [-0.2, -0.15) is 0 Å². The number of methoxy groups -OCH3 is 1. The molecule has 1 heterocycles. The molecule has 0 aliphatic heterocycles. The second-order valence-electron chi connectivity index (χ2n) is 3.56. The molecular formula is C13H11BrINO2. The Balaban J connectivity index is 2.02. The molecule has 0 spiro atoms. The molecule has 94 valence electrons. The van der Waals surface area contributed by atoms with E-state index in [9.17, 15) is 0 Å². The highest BCUT2D eigenvalue weighted by Gasteiger charge is 2.03. The van der Waals surface area contributed by atoms with Gasteiger partial charge in [-0.1, -0.05) is 12.1 Å². The van der Waals surface area contributed by atoms with Crippen LogP contribution in [0.4, 0.5) is 0 Å². The van der Waals surface area contributed by atoms with Gasteiger partial charge in [-0.3, -0.25) is 0 Å². The number of ether oxygens (including phenoxy) is 2. The highest BCUT2D eigenvalue weighted by atomic mass is 127. The normalized spacial score (nSPS) is 10.2. The van der Waals surface area contributed by atoms with E-state index in [0.29, 0.717) is 6.61 Å². The minimum Gasteiger partial charge on any atom is -0.497 e. The minimum absolute atomic E-state index is 0.505. The maximum Gasteiger partial charge on any atom is 0.152 e. The van der Waals surface area contributed by atoms with Crippen LogP contribution in [0.3, 0.4) is 0 Å². The third-order valence-electron chi connectivity index (χ3n) is 2.33. The Morgan fingerprint density at radius 3 is 2.50 bits per heavy atom. The zero-order valence-corrected chi connectivity index (χ0v) is 13.4. The number of rotatable bonds is 4. The molecule has 1 aromatic carbocycles. The summed E-state index contributed by atoms with van der Waals surface area (Å²) in [6.07, 6.45) is 0. The molecule has 0 atom stereocenters. The molecule has 0 saturated heterocycles. The molecule has 2 aromatic rings. The van der Waals surface area contributed by atoms with Crippen LogP contribution in [0, 0.1) is 3.70 Å². The van der Waals surface area contributed by atoms with Crippen molar-refractivity contribution >= 4 is 38.5 Å². The van der Waals surface area contributed by atoms with Crippen LogP contribution in [0.5, 0.6) is 11.5 Å². The maximum absolute atomic E-state index is 5.70. The Labute approximate surface area is 128 Å². The molecule has 0 unspecified atom stereocenters. The van der Waals surface area contributed by atoms with Gasteiger partial charge in [0.05, 0.1) is 7.11 Å². The van der Waals surface area contributed by atoms with Crippen molar-refractivity contribution < 1.29 is 9.47 Å². The third kappa shape index (κ3) is 3.58. The summed E-state index contributed by atoms with van der Waals surface area (Å²) in [6, 6.07) is 11.6. The fraction of sp³-hybridized carbons (Fsp3) is 0.154. The summed E-state index contributed by atoms with van der Waals surface area (Å²) < 4.78 is 12.5. The van der Waals surface area contributed by atoms with Crippen LogP contribution >= 0.6 is 38.5 Å². The molecule has 5 heteroatoms. The number of hydrogen-bond donors (Lipinski definition) is 0. The van der Waals surface area contributed by atoms with E-state index < -0.39 is 0 Å². The van der Waals surface area contributed by atoms with Gasteiger partial charge in [0.2, 0.25) is 0 Å². The quantitative estimate of drug-likeness (QED) is 0.553. The van der Waals surface area contributed by atoms with E-state index in [1.54, 1.807) is 7.11 Å². The van der Waals surface area contributed by atoms with Crippen LogP contribution in [-0.2, 0) is 6.61 Å². The van der Waals surface area contributed by atoms with Gasteiger partial charge in [-0.05, 0) is 68.3 Å². The second kappa shape index (κ2) is 6.38. The van der Waals surface area contributed by atoms with Gasteiger partial charge in [-0.25, -0.2) is 4.98 Å². The second-order valence-corrected chi connectivity index (χ2v) is 5.42. The molecule has 0 radical (unpaired) electrons. The first kappa shape index (κ1) is 13.6. The summed E-state index contributed by atoms with van der Waals surface area (Å²) in [5.74, 6) is 1.59. The molecule has 0 bridgehead atoms. The first-order valence-electron chi connectivity index (χ1n) is 5.27. The van der Waals surface area contributed by atoms with Gasteiger partial charge in [0.25, 0.3) is 0 Å². The maximum atomic E-state index is 5.70. The highest BCUT2D eigenvalue weighted by molar-refractivity contribution is 14.1. The smallest absolute Gasteiger partial charge is 0.152 e. The lowest BCUT2D eigenvalue weighted by Crippen LogP contribution is -1.97. The molecular weight excluding hydrogens is 409 g/mol. The van der Waals surface area contributed by atoms with Crippen molar-refractivity contribution in [3.63, 3.8) is 0 Å². The molecule has 0 aliphatic rings. The Kier molecular flexibility index (Phi) is 4.82. The van der Waals surface area contributed by atoms with Crippen LogP contribution in [0.15, 0.2) is 41.0 Å². The van der Waals surface area contributed by atoms with E-state index in [2.05, 4.69) is 43.5 Å². The van der Waals surface area contributed by atoms with Crippen molar-refractivity contribution in [3.05, 3.63) is 50.3 Å². The van der Waals surface area contributed by atoms with Crippen molar-refractivity contribution in [3.8, 4) is 11.5 Å². The first-order chi connectivity index (χ1) is 8.69. The zero-order chi connectivity index (χ0) is 13.0. The lowest BCUT2D eigenvalue weighted by atomic mass is 10.2. The monoisotopic (exact) mass is 419 g/mol. The van der Waals surface area contributed by atoms with Gasteiger partial charge in [-0.15, -0.1) is 0 Å². The number of halogens is 2. The topological polar surface area (TPSA) is 31.4 Å². The van der Waals surface area contributed by atoms with E-state index in [1.165, 1.54) is 0 Å². The van der Waals surface area contributed by atoms with Crippen LogP contribution in [-0.4, -0.2) is 12.1 Å². The van der Waals surface area contributed by atoms with Gasteiger partial charge >= 0.3 is 0 Å². The SMILES string of the molecule is COc1ccc(COc2ccc(I)nc2Br)cc1. The number of hydrogen-bond acceptors (Lipinski definition) is 3. The lowest BCUT2D eigenvalue weighted by Gasteiger charge is -2.08. The summed E-state index contributed by atoms with van der Waals surface area (Å²) in [5.41, 5.74) is 1.08. The van der Waals surface area contributed by atoms with E-state index in [1.807, 2.05) is 36.4 Å². The molecule has 3 nitrogen and oxygen atoms in total. The van der Waals surface area contributed by atoms with E-state index in [0.717, 1.165) is 25.4 Å². The van der Waals surface area contributed by atoms with Gasteiger partial charge < -0.3 is 9.47 Å². The Morgan fingerprint density at radius 2 is 1.89 bits per heavy atom. The minimum atomic E-state index is 0.505. The molecule has 0 aliphatic carbocycles. The van der Waals surface area contributed by atoms with Crippen molar-refractivity contribution in [2.24, 2.45) is 0 Å². The van der Waals surface area contributed by atoms with Crippen LogP contribution < -0.4 is 9.47 Å². The first-order valence-corrected chi connectivity index (χ1v) is 7.14. The standard InChI is InChI=1S/C13H11BrINO2/c1-17-10-4-2-9(3-5-10)8-18-11-6-7-12(15)16-13(11)14/h2-7H,8H2,1H3. The van der Waals surface area contributed by atoms with Crippen LogP contribution in [0.1, 0.15) is 5.56 Å². The van der Waals surface area contributed by atoms with E-state index >= 15 is 0 Å². The number of nitrogens with zero attached hydrogens (tertiary/aromatic N) is 1. The third-order valence-corrected chi connectivity index (χ3v) is 3.50. The molecule has 0 N–H and O–H groups in total. The number of pyridine rings is 1. The lowest BCUT2D eigenvalue weighted by molar-refractivity contribution is 0.302. The summed E-state index contributed by atoms with van der Waals surface area (Å²) >= 11 is 5.54. The van der Waals surface area contributed by atoms with Gasteiger partial charge in [0, 0.05) is 0 Å². The number of aromatic nitrogens is 1. The van der Waals surface area contributed by atoms with E-state index in [-0.39, 0.29) is 0 Å². The molecule has 0 amide bonds. The predicted molar refractivity (Wildman–Crippen MR) is 82.0 cm³/mol. The van der Waals surface area contributed by atoms with Crippen molar-refractivity contribution in [1.29, 1.82) is 0 Å². The Hall–Kier alpha value is -0.820. The molecule has 18 heavy (non-hydrogen) atoms. The average Bonchev–Trinajstić information content (AvgIpc) is 2.38. The average molecular weight is 420 g/mol. The highest BCUT2D eigenvalue weighted by Crippen LogP contribution is 2.24. The summed E-state index contributed by atoms with van der Waals surface area (Å²) in [4.78, 5) is 4.27. The van der Waals surface area contributed by atoms with Gasteiger partial charge in [0.15, 0.2) is 5.75 Å². The van der Waals surface area contributed by atoms with Crippen LogP contribution in [0.25, 0.3) is 0 Å². The molecule has 0 saturated carbocycles. The van der Waals surface area contributed by atoms with Crippen molar-refractivity contribution in [2.75, 3.05) is 7.11 Å².